The topological polar surface area (TPSA) is 153 Å². The van der Waals surface area contributed by atoms with Gasteiger partial charge in [0.15, 0.2) is 11.6 Å². The van der Waals surface area contributed by atoms with E-state index in [1.165, 1.54) is 0 Å². The highest BCUT2D eigenvalue weighted by atomic mass is 16.2. The Morgan fingerprint density at radius 1 is 0.865 bits per heavy atom. The van der Waals surface area contributed by atoms with Crippen LogP contribution in [0.4, 0.5) is 11.4 Å². The van der Waals surface area contributed by atoms with Gasteiger partial charge in [0.1, 0.15) is 0 Å². The minimum Gasteiger partial charge on any atom is -0.398 e. The average Bonchev–Trinajstić information content (AvgIpc) is 2.91. The number of nitrogens with one attached hydrogen (secondary N) is 2. The van der Waals surface area contributed by atoms with Gasteiger partial charge in [-0.25, -0.2) is 0 Å². The maximum atomic E-state index is 13.6. The second kappa shape index (κ2) is 11.8. The molecule has 0 heterocycles. The Labute approximate surface area is 216 Å². The number of rotatable bonds is 11. The summed E-state index contributed by atoms with van der Waals surface area (Å²) < 4.78 is 0. The highest BCUT2D eigenvalue weighted by molar-refractivity contribution is 6.31. The first kappa shape index (κ1) is 26.1. The van der Waals surface area contributed by atoms with Crippen LogP contribution in [0.2, 0.25) is 0 Å². The first-order chi connectivity index (χ1) is 17.9. The summed E-state index contributed by atoms with van der Waals surface area (Å²) in [5.74, 6) is -0.663. The van der Waals surface area contributed by atoms with Crippen molar-refractivity contribution in [2.24, 2.45) is 11.5 Å². The van der Waals surface area contributed by atoms with Gasteiger partial charge in [-0.2, -0.15) is 0 Å². The summed E-state index contributed by atoms with van der Waals surface area (Å²) in [4.78, 5) is 39.5. The Balaban J connectivity index is 1.51. The van der Waals surface area contributed by atoms with E-state index in [2.05, 4.69) is 10.6 Å². The number of nitrogens with two attached hydrogens (primary N) is 3. The third kappa shape index (κ3) is 5.71. The van der Waals surface area contributed by atoms with Crippen molar-refractivity contribution in [1.82, 2.24) is 5.32 Å². The molecular weight excluding hydrogens is 466 g/mol. The second-order valence-corrected chi connectivity index (χ2v) is 9.21. The molecular formula is C29H33N5O3. The van der Waals surface area contributed by atoms with Gasteiger partial charge in [0, 0.05) is 41.2 Å². The van der Waals surface area contributed by atoms with E-state index in [0.717, 1.165) is 5.56 Å². The number of carbonyl (C=O) groups is 3. The molecule has 3 aromatic rings. The van der Waals surface area contributed by atoms with Crippen LogP contribution in [0.15, 0.2) is 60.7 Å². The summed E-state index contributed by atoms with van der Waals surface area (Å²) in [7, 11) is 0. The molecule has 0 saturated heterocycles. The van der Waals surface area contributed by atoms with Crippen LogP contribution in [0.3, 0.4) is 0 Å². The van der Waals surface area contributed by atoms with E-state index in [0.29, 0.717) is 84.5 Å². The molecule has 8 heteroatoms. The first-order valence-electron chi connectivity index (χ1n) is 12.6. The molecule has 4 rings (SSSR count). The van der Waals surface area contributed by atoms with Crippen LogP contribution >= 0.6 is 0 Å². The third-order valence-electron chi connectivity index (χ3n) is 6.57. The van der Waals surface area contributed by atoms with E-state index in [-0.39, 0.29) is 17.5 Å². The molecule has 8 N–H and O–H groups in total. The molecule has 0 radical (unpaired) electrons. The van der Waals surface area contributed by atoms with E-state index < -0.39 is 6.04 Å². The summed E-state index contributed by atoms with van der Waals surface area (Å²) in [5.41, 5.74) is 22.1. The summed E-state index contributed by atoms with van der Waals surface area (Å²) in [6, 6.07) is 17.5. The number of benzene rings is 3. The van der Waals surface area contributed by atoms with Crippen molar-refractivity contribution in [3.05, 3.63) is 94.0 Å². The molecule has 1 atom stereocenters. The molecule has 0 fully saturated rings. The van der Waals surface area contributed by atoms with Crippen LogP contribution in [0, 0.1) is 0 Å². The van der Waals surface area contributed by atoms with E-state index in [1.807, 2.05) is 30.3 Å². The number of fused-ring (bicyclic) bond motifs is 2. The van der Waals surface area contributed by atoms with E-state index in [4.69, 9.17) is 17.2 Å². The minimum absolute atomic E-state index is 0.207. The molecule has 0 unspecified atom stereocenters. The van der Waals surface area contributed by atoms with Crippen LogP contribution in [0.1, 0.15) is 55.8 Å². The second-order valence-electron chi connectivity index (χ2n) is 9.21. The number of amides is 1. The zero-order valence-electron chi connectivity index (χ0n) is 20.8. The van der Waals surface area contributed by atoms with Crippen molar-refractivity contribution in [3.8, 4) is 0 Å². The smallest absolute Gasteiger partial charge is 0.237 e. The van der Waals surface area contributed by atoms with Crippen molar-refractivity contribution < 1.29 is 14.4 Å². The van der Waals surface area contributed by atoms with E-state index in [1.54, 1.807) is 30.3 Å². The molecule has 8 nitrogen and oxygen atoms in total. The third-order valence-corrected chi connectivity index (χ3v) is 6.57. The van der Waals surface area contributed by atoms with Crippen molar-refractivity contribution in [2.75, 3.05) is 30.7 Å². The number of anilines is 2. The standard InChI is InChI=1S/C29H33N5O3/c30-13-7-15-33-24-17-22(31)21(25-26(24)28(36)20-11-5-4-10-19(20)27(25)35)12-6-14-34-29(37)23(32)16-18-8-2-1-3-9-18/h1-5,8-11,17,23,33H,6-7,12-16,30-32H2,(H,34,37)/t23-/m0/s1. The van der Waals surface area contributed by atoms with Crippen molar-refractivity contribution >= 4 is 28.8 Å². The Bertz CT molecular complexity index is 1310. The number of hydrogen-bond donors (Lipinski definition) is 5. The average molecular weight is 500 g/mol. The van der Waals surface area contributed by atoms with Crippen molar-refractivity contribution in [2.45, 2.75) is 31.7 Å². The number of nitrogen functional groups attached to an aromatic ring is 1. The Morgan fingerprint density at radius 3 is 2.19 bits per heavy atom. The fourth-order valence-electron chi connectivity index (χ4n) is 4.68. The summed E-state index contributed by atoms with van der Waals surface area (Å²) in [5, 5.41) is 6.11. The monoisotopic (exact) mass is 499 g/mol. The summed E-state index contributed by atoms with van der Waals surface area (Å²) >= 11 is 0. The molecule has 1 aliphatic carbocycles. The molecule has 0 bridgehead atoms. The van der Waals surface area contributed by atoms with Gasteiger partial charge in [0.2, 0.25) is 5.91 Å². The van der Waals surface area contributed by atoms with Crippen LogP contribution in [0.5, 0.6) is 0 Å². The van der Waals surface area contributed by atoms with Crippen LogP contribution in [-0.2, 0) is 17.6 Å². The fourth-order valence-corrected chi connectivity index (χ4v) is 4.68. The SMILES string of the molecule is NCCCNc1cc(N)c(CCCNC(=O)[C@@H](N)Cc2ccccc2)c2c1C(=O)c1ccccc1C2=O. The van der Waals surface area contributed by atoms with Gasteiger partial charge in [-0.15, -0.1) is 0 Å². The van der Waals surface area contributed by atoms with E-state index in [9.17, 15) is 14.4 Å². The molecule has 0 spiro atoms. The van der Waals surface area contributed by atoms with Gasteiger partial charge in [0.05, 0.1) is 11.6 Å². The molecule has 0 saturated carbocycles. The minimum atomic E-state index is -0.658. The quantitative estimate of drug-likeness (QED) is 0.157. The first-order valence-corrected chi connectivity index (χ1v) is 12.6. The Kier molecular flexibility index (Phi) is 8.32. The van der Waals surface area contributed by atoms with E-state index >= 15 is 0 Å². The zero-order chi connectivity index (χ0) is 26.4. The van der Waals surface area contributed by atoms with Gasteiger partial charge in [0.25, 0.3) is 0 Å². The molecule has 192 valence electrons. The number of hydrogen-bond acceptors (Lipinski definition) is 7. The lowest BCUT2D eigenvalue weighted by Crippen LogP contribution is -2.42. The Morgan fingerprint density at radius 2 is 1.51 bits per heavy atom. The van der Waals surface area contributed by atoms with Gasteiger partial charge in [-0.1, -0.05) is 54.6 Å². The molecule has 0 aliphatic heterocycles. The normalized spacial score (nSPS) is 13.0. The molecule has 0 aromatic heterocycles. The van der Waals surface area contributed by atoms with Crippen LogP contribution < -0.4 is 27.8 Å². The molecule has 3 aromatic carbocycles. The lowest BCUT2D eigenvalue weighted by molar-refractivity contribution is -0.122. The number of carbonyl (C=O) groups excluding carboxylic acids is 3. The van der Waals surface area contributed by atoms with Gasteiger partial charge in [-0.3, -0.25) is 14.4 Å². The molecule has 1 aliphatic rings. The van der Waals surface area contributed by atoms with Crippen LogP contribution in [0.25, 0.3) is 0 Å². The Hall–Kier alpha value is -4.01. The maximum Gasteiger partial charge on any atom is 0.237 e. The highest BCUT2D eigenvalue weighted by Crippen LogP contribution is 2.37. The molecule has 1 amide bonds. The van der Waals surface area contributed by atoms with Gasteiger partial charge >= 0.3 is 0 Å². The van der Waals surface area contributed by atoms with Gasteiger partial charge < -0.3 is 27.8 Å². The largest absolute Gasteiger partial charge is 0.398 e. The molecule has 37 heavy (non-hydrogen) atoms. The predicted octanol–water partition coefficient (Wildman–Crippen LogP) is 2.42. The maximum absolute atomic E-state index is 13.6. The summed E-state index contributed by atoms with van der Waals surface area (Å²) in [6.45, 7) is 1.42. The lowest BCUT2D eigenvalue weighted by Gasteiger charge is -2.25. The fraction of sp³-hybridized carbons (Fsp3) is 0.276. The lowest BCUT2D eigenvalue weighted by atomic mass is 9.79. The van der Waals surface area contributed by atoms with Crippen molar-refractivity contribution in [1.29, 1.82) is 0 Å². The highest BCUT2D eigenvalue weighted by Gasteiger charge is 2.34. The predicted molar refractivity (Wildman–Crippen MR) is 146 cm³/mol. The number of ketones is 2. The summed E-state index contributed by atoms with van der Waals surface area (Å²) in [6.07, 6.45) is 2.11. The van der Waals surface area contributed by atoms with Gasteiger partial charge in [-0.05, 0) is 49.4 Å². The van der Waals surface area contributed by atoms with Crippen molar-refractivity contribution in [3.63, 3.8) is 0 Å². The zero-order valence-corrected chi connectivity index (χ0v) is 20.8. The van der Waals surface area contributed by atoms with Crippen LogP contribution in [-0.4, -0.2) is 43.1 Å².